The second-order valence-electron chi connectivity index (χ2n) is 4.36. The Hall–Kier alpha value is -1.38. The number of rotatable bonds is 0. The van der Waals surface area contributed by atoms with Crippen LogP contribution >= 0.6 is 0 Å². The molecule has 0 aromatic rings. The van der Waals surface area contributed by atoms with Gasteiger partial charge in [-0.05, 0) is 38.0 Å². The van der Waals surface area contributed by atoms with Crippen molar-refractivity contribution >= 4 is 11.8 Å². The molecule has 2 amide bonds. The number of carbonyl (C=O) groups excluding carboxylic acids is 2. The van der Waals surface area contributed by atoms with Crippen molar-refractivity contribution in [2.24, 2.45) is 11.8 Å². The fraction of sp³-hybridized carbons (Fsp3) is 0.500. The summed E-state index contributed by atoms with van der Waals surface area (Å²) in [4.78, 5) is 20.6. The van der Waals surface area contributed by atoms with Gasteiger partial charge in [0.25, 0.3) is 11.8 Å². The van der Waals surface area contributed by atoms with Gasteiger partial charge in [0, 0.05) is 11.6 Å². The molecule has 0 spiro atoms. The number of fused-ring (bicyclic) bond motifs is 2. The van der Waals surface area contributed by atoms with Crippen LogP contribution in [0.25, 0.3) is 0 Å². The molecule has 3 nitrogen and oxygen atoms in total. The minimum Gasteiger partial charge on any atom is -0.289 e. The standard InChI is InChI=1S/C7H10.C5H5NO2/c1-2-7-4-3-6(1)5-7;1-3-2-4(7)6-5(3)8/h1-2,6-7H,3-5H2;2H,1H3,(H,6,7,8). The van der Waals surface area contributed by atoms with Gasteiger partial charge < -0.3 is 0 Å². The van der Waals surface area contributed by atoms with Crippen LogP contribution in [0.2, 0.25) is 0 Å². The average molecular weight is 205 g/mol. The van der Waals surface area contributed by atoms with Gasteiger partial charge in [-0.1, -0.05) is 12.2 Å². The molecule has 2 aliphatic carbocycles. The molecular weight excluding hydrogens is 190 g/mol. The van der Waals surface area contributed by atoms with E-state index in [4.69, 9.17) is 0 Å². The molecule has 80 valence electrons. The number of imide groups is 1. The van der Waals surface area contributed by atoms with Crippen LogP contribution in [0.4, 0.5) is 0 Å². The summed E-state index contributed by atoms with van der Waals surface area (Å²) in [7, 11) is 0. The number of hydrogen-bond donors (Lipinski definition) is 1. The van der Waals surface area contributed by atoms with Crippen molar-refractivity contribution in [1.82, 2.24) is 5.32 Å². The maximum Gasteiger partial charge on any atom is 0.253 e. The Balaban J connectivity index is 0.000000114. The highest BCUT2D eigenvalue weighted by Gasteiger charge is 2.25. The Bertz CT molecular complexity index is 343. The molecule has 0 radical (unpaired) electrons. The van der Waals surface area contributed by atoms with Crippen molar-refractivity contribution in [3.05, 3.63) is 23.8 Å². The minimum atomic E-state index is -0.312. The maximum absolute atomic E-state index is 10.4. The molecule has 3 rings (SSSR count). The van der Waals surface area contributed by atoms with Gasteiger partial charge in [-0.25, -0.2) is 0 Å². The first-order chi connectivity index (χ1) is 7.15. The summed E-state index contributed by atoms with van der Waals surface area (Å²) in [6.45, 7) is 1.60. The predicted octanol–water partition coefficient (Wildman–Crippen LogP) is 1.56. The molecule has 1 fully saturated rings. The lowest BCUT2D eigenvalue weighted by Gasteiger charge is -1.96. The topological polar surface area (TPSA) is 46.2 Å². The Kier molecular flexibility index (Phi) is 2.71. The van der Waals surface area contributed by atoms with Gasteiger partial charge in [-0.15, -0.1) is 0 Å². The third kappa shape index (κ3) is 2.35. The van der Waals surface area contributed by atoms with E-state index in [1.54, 1.807) is 6.92 Å². The average Bonchev–Trinajstić information content (AvgIpc) is 2.86. The van der Waals surface area contributed by atoms with Gasteiger partial charge in [-0.2, -0.15) is 0 Å². The molecule has 15 heavy (non-hydrogen) atoms. The third-order valence-corrected chi connectivity index (χ3v) is 3.11. The zero-order chi connectivity index (χ0) is 10.8. The van der Waals surface area contributed by atoms with Crippen LogP contribution in [0.15, 0.2) is 23.8 Å². The molecule has 0 aromatic heterocycles. The van der Waals surface area contributed by atoms with E-state index in [0.29, 0.717) is 5.57 Å². The zero-order valence-corrected chi connectivity index (χ0v) is 8.82. The monoisotopic (exact) mass is 205 g/mol. The number of amides is 2. The molecule has 1 N–H and O–H groups in total. The molecule has 0 aromatic carbocycles. The molecule has 1 heterocycles. The number of nitrogens with one attached hydrogen (secondary N) is 1. The van der Waals surface area contributed by atoms with Gasteiger partial charge >= 0.3 is 0 Å². The summed E-state index contributed by atoms with van der Waals surface area (Å²) in [6, 6.07) is 0. The lowest BCUT2D eigenvalue weighted by Crippen LogP contribution is -2.21. The summed E-state index contributed by atoms with van der Waals surface area (Å²) < 4.78 is 0. The van der Waals surface area contributed by atoms with Gasteiger partial charge in [0.05, 0.1) is 0 Å². The fourth-order valence-electron chi connectivity index (χ4n) is 2.23. The Morgan fingerprint density at radius 1 is 1.20 bits per heavy atom. The fourth-order valence-corrected chi connectivity index (χ4v) is 2.23. The first kappa shape index (κ1) is 10.1. The second kappa shape index (κ2) is 4.01. The van der Waals surface area contributed by atoms with Crippen molar-refractivity contribution in [3.63, 3.8) is 0 Å². The lowest BCUT2D eigenvalue weighted by molar-refractivity contribution is -0.123. The summed E-state index contributed by atoms with van der Waals surface area (Å²) in [5.74, 6) is 1.39. The van der Waals surface area contributed by atoms with Crippen LogP contribution in [0.5, 0.6) is 0 Å². The predicted molar refractivity (Wildman–Crippen MR) is 56.9 cm³/mol. The van der Waals surface area contributed by atoms with Gasteiger partial charge in [0.15, 0.2) is 0 Å². The van der Waals surface area contributed by atoms with E-state index in [0.717, 1.165) is 11.8 Å². The molecule has 2 bridgehead atoms. The zero-order valence-electron chi connectivity index (χ0n) is 8.82. The highest BCUT2D eigenvalue weighted by Crippen LogP contribution is 2.38. The second-order valence-corrected chi connectivity index (χ2v) is 4.36. The van der Waals surface area contributed by atoms with Gasteiger partial charge in [-0.3, -0.25) is 14.9 Å². The highest BCUT2D eigenvalue weighted by atomic mass is 16.2. The maximum atomic E-state index is 10.4. The van der Waals surface area contributed by atoms with E-state index in [-0.39, 0.29) is 11.8 Å². The summed E-state index contributed by atoms with van der Waals surface area (Å²) >= 11 is 0. The van der Waals surface area contributed by atoms with Crippen molar-refractivity contribution in [2.75, 3.05) is 0 Å². The van der Waals surface area contributed by atoms with Gasteiger partial charge in [0.1, 0.15) is 0 Å². The van der Waals surface area contributed by atoms with Crippen molar-refractivity contribution in [3.8, 4) is 0 Å². The summed E-state index contributed by atoms with van der Waals surface area (Å²) in [6.07, 6.45) is 10.5. The van der Waals surface area contributed by atoms with E-state index in [1.807, 2.05) is 0 Å². The van der Waals surface area contributed by atoms with Crippen LogP contribution in [-0.2, 0) is 9.59 Å². The third-order valence-electron chi connectivity index (χ3n) is 3.11. The first-order valence-corrected chi connectivity index (χ1v) is 5.37. The number of allylic oxidation sites excluding steroid dienone is 2. The lowest BCUT2D eigenvalue weighted by atomic mass is 10.1. The Morgan fingerprint density at radius 3 is 1.93 bits per heavy atom. The first-order valence-electron chi connectivity index (χ1n) is 5.37. The van der Waals surface area contributed by atoms with Crippen LogP contribution in [0.3, 0.4) is 0 Å². The molecule has 2 atom stereocenters. The Morgan fingerprint density at radius 2 is 1.80 bits per heavy atom. The largest absolute Gasteiger partial charge is 0.289 e. The molecular formula is C12H15NO2. The normalized spacial score (nSPS) is 31.1. The van der Waals surface area contributed by atoms with E-state index >= 15 is 0 Å². The van der Waals surface area contributed by atoms with Gasteiger partial charge in [0.2, 0.25) is 0 Å². The SMILES string of the molecule is C1=CC2CCC1C2.CC1=CC(=O)NC1=O. The summed E-state index contributed by atoms with van der Waals surface area (Å²) in [5, 5.41) is 2.10. The number of hydrogen-bond acceptors (Lipinski definition) is 2. The van der Waals surface area contributed by atoms with Crippen LogP contribution in [0.1, 0.15) is 26.2 Å². The van der Waals surface area contributed by atoms with E-state index in [2.05, 4.69) is 17.5 Å². The molecule has 1 saturated carbocycles. The molecule has 2 unspecified atom stereocenters. The van der Waals surface area contributed by atoms with Crippen LogP contribution in [-0.4, -0.2) is 11.8 Å². The van der Waals surface area contributed by atoms with Crippen molar-refractivity contribution < 1.29 is 9.59 Å². The molecule has 1 aliphatic heterocycles. The quantitative estimate of drug-likeness (QED) is 0.482. The van der Waals surface area contributed by atoms with Crippen molar-refractivity contribution in [1.29, 1.82) is 0 Å². The molecule has 0 saturated heterocycles. The van der Waals surface area contributed by atoms with E-state index in [9.17, 15) is 9.59 Å². The van der Waals surface area contributed by atoms with E-state index < -0.39 is 0 Å². The van der Waals surface area contributed by atoms with E-state index in [1.165, 1.54) is 25.3 Å². The van der Waals surface area contributed by atoms with Crippen LogP contribution < -0.4 is 5.32 Å². The minimum absolute atomic E-state index is 0.282. The number of carbonyl (C=O) groups is 2. The molecule has 3 heteroatoms. The smallest absolute Gasteiger partial charge is 0.253 e. The Labute approximate surface area is 89.2 Å². The molecule has 3 aliphatic rings. The van der Waals surface area contributed by atoms with Crippen LogP contribution in [0, 0.1) is 11.8 Å². The highest BCUT2D eigenvalue weighted by molar-refractivity contribution is 6.15. The van der Waals surface area contributed by atoms with Crippen molar-refractivity contribution in [2.45, 2.75) is 26.2 Å². The summed E-state index contributed by atoms with van der Waals surface area (Å²) in [5.41, 5.74) is 0.481.